The second-order valence-electron chi connectivity index (χ2n) is 2.58. The Balaban J connectivity index is 2.99. The van der Waals surface area contributed by atoms with Crippen LogP contribution >= 0.6 is 23.2 Å². The van der Waals surface area contributed by atoms with Crippen molar-refractivity contribution in [3.63, 3.8) is 0 Å². The normalized spacial score (nSPS) is 10.9. The van der Waals surface area contributed by atoms with E-state index >= 15 is 0 Å². The van der Waals surface area contributed by atoms with Crippen LogP contribution in [0.15, 0.2) is 18.5 Å². The summed E-state index contributed by atoms with van der Waals surface area (Å²) < 4.78 is 1.92. The summed E-state index contributed by atoms with van der Waals surface area (Å²) >= 11 is 11.8. The third kappa shape index (κ3) is 0.993. The van der Waals surface area contributed by atoms with Crippen molar-refractivity contribution in [3.05, 3.63) is 28.6 Å². The van der Waals surface area contributed by atoms with E-state index in [9.17, 15) is 0 Å². The van der Waals surface area contributed by atoms with Crippen LogP contribution in [0.2, 0.25) is 10.2 Å². The first-order chi connectivity index (χ1) is 5.70. The molecular weight excluding hydrogens is 195 g/mol. The Bertz CT molecular complexity index is 434. The summed E-state index contributed by atoms with van der Waals surface area (Å²) in [4.78, 5) is 3.95. The number of halogens is 2. The van der Waals surface area contributed by atoms with Gasteiger partial charge >= 0.3 is 0 Å². The molecule has 2 nitrogen and oxygen atoms in total. The molecule has 0 spiro atoms. The molecule has 0 atom stereocenters. The average Bonchev–Trinajstić information content (AvgIpc) is 2.29. The van der Waals surface area contributed by atoms with Crippen LogP contribution in [0.25, 0.3) is 10.9 Å². The molecule has 0 saturated carbocycles. The lowest BCUT2D eigenvalue weighted by Gasteiger charge is -1.95. The molecule has 0 bridgehead atoms. The predicted octanol–water partition coefficient (Wildman–Crippen LogP) is 2.88. The van der Waals surface area contributed by atoms with Gasteiger partial charge in [-0.3, -0.25) is 0 Å². The second-order valence-corrected chi connectivity index (χ2v) is 3.35. The Hall–Kier alpha value is -0.730. The van der Waals surface area contributed by atoms with Crippen LogP contribution < -0.4 is 0 Å². The van der Waals surface area contributed by atoms with Gasteiger partial charge in [-0.05, 0) is 6.07 Å². The van der Waals surface area contributed by atoms with Crippen molar-refractivity contribution in [2.24, 2.45) is 7.05 Å². The van der Waals surface area contributed by atoms with Crippen LogP contribution in [0.3, 0.4) is 0 Å². The van der Waals surface area contributed by atoms with Crippen molar-refractivity contribution < 1.29 is 0 Å². The van der Waals surface area contributed by atoms with Crippen LogP contribution in [0.1, 0.15) is 0 Å². The third-order valence-electron chi connectivity index (χ3n) is 1.81. The molecule has 0 radical (unpaired) electrons. The van der Waals surface area contributed by atoms with E-state index in [1.54, 1.807) is 6.20 Å². The molecule has 62 valence electrons. The van der Waals surface area contributed by atoms with Crippen molar-refractivity contribution in [1.82, 2.24) is 9.55 Å². The average molecular weight is 201 g/mol. The molecule has 2 aromatic heterocycles. The second kappa shape index (κ2) is 2.64. The van der Waals surface area contributed by atoms with Crippen molar-refractivity contribution >= 4 is 34.1 Å². The number of rotatable bonds is 0. The largest absolute Gasteiger partial charge is 0.349 e. The van der Waals surface area contributed by atoms with E-state index in [4.69, 9.17) is 23.2 Å². The molecule has 2 heterocycles. The molecular formula is C8H6Cl2N2. The number of fused-ring (bicyclic) bond motifs is 1. The molecule has 0 aliphatic carbocycles. The summed E-state index contributed by atoms with van der Waals surface area (Å²) in [6.45, 7) is 0. The molecule has 0 saturated heterocycles. The van der Waals surface area contributed by atoms with Crippen LogP contribution in [-0.2, 0) is 7.05 Å². The van der Waals surface area contributed by atoms with Gasteiger partial charge in [0.1, 0.15) is 5.15 Å². The molecule has 0 fully saturated rings. The zero-order valence-corrected chi connectivity index (χ0v) is 7.89. The highest BCUT2D eigenvalue weighted by Crippen LogP contribution is 2.29. The number of hydrogen-bond acceptors (Lipinski definition) is 1. The van der Waals surface area contributed by atoms with E-state index in [1.165, 1.54) is 0 Å². The molecule has 0 amide bonds. The predicted molar refractivity (Wildman–Crippen MR) is 50.7 cm³/mol. The van der Waals surface area contributed by atoms with Gasteiger partial charge in [0, 0.05) is 19.4 Å². The Labute approximate surface area is 79.7 Å². The minimum atomic E-state index is 0.457. The first kappa shape index (κ1) is 7.90. The summed E-state index contributed by atoms with van der Waals surface area (Å²) in [5, 5.41) is 1.92. The molecule has 0 unspecified atom stereocenters. The van der Waals surface area contributed by atoms with Crippen molar-refractivity contribution in [1.29, 1.82) is 0 Å². The van der Waals surface area contributed by atoms with E-state index in [1.807, 2.05) is 23.9 Å². The topological polar surface area (TPSA) is 17.8 Å². The lowest BCUT2D eigenvalue weighted by atomic mass is 10.3. The van der Waals surface area contributed by atoms with Gasteiger partial charge in [0.25, 0.3) is 0 Å². The van der Waals surface area contributed by atoms with Gasteiger partial charge < -0.3 is 4.57 Å². The maximum absolute atomic E-state index is 5.94. The van der Waals surface area contributed by atoms with Crippen LogP contribution in [0.4, 0.5) is 0 Å². The number of nitrogens with zero attached hydrogens (tertiary/aromatic N) is 2. The monoisotopic (exact) mass is 200 g/mol. The smallest absolute Gasteiger partial charge is 0.139 e. The van der Waals surface area contributed by atoms with E-state index in [0.717, 1.165) is 10.9 Å². The highest BCUT2D eigenvalue weighted by molar-refractivity contribution is 6.41. The Morgan fingerprint density at radius 3 is 2.83 bits per heavy atom. The molecule has 0 N–H and O–H groups in total. The van der Waals surface area contributed by atoms with Crippen LogP contribution in [0.5, 0.6) is 0 Å². The third-order valence-corrected chi connectivity index (χ3v) is 2.38. The maximum Gasteiger partial charge on any atom is 0.139 e. The minimum Gasteiger partial charge on any atom is -0.349 e. The van der Waals surface area contributed by atoms with E-state index in [0.29, 0.717) is 10.2 Å². The van der Waals surface area contributed by atoms with Crippen molar-refractivity contribution in [3.8, 4) is 0 Å². The quantitative estimate of drug-likeness (QED) is 0.599. The molecule has 2 aromatic rings. The first-order valence-corrected chi connectivity index (χ1v) is 4.21. The van der Waals surface area contributed by atoms with Gasteiger partial charge in [-0.15, -0.1) is 0 Å². The molecule has 2 rings (SSSR count). The lowest BCUT2D eigenvalue weighted by molar-refractivity contribution is 0.968. The SMILES string of the molecule is Cn1cc(Cl)c2c(Cl)nccc21. The summed E-state index contributed by atoms with van der Waals surface area (Å²) in [5.41, 5.74) is 1.00. The highest BCUT2D eigenvalue weighted by atomic mass is 35.5. The minimum absolute atomic E-state index is 0.457. The van der Waals surface area contributed by atoms with Crippen molar-refractivity contribution in [2.75, 3.05) is 0 Å². The van der Waals surface area contributed by atoms with Crippen LogP contribution in [0, 0.1) is 0 Å². The summed E-state index contributed by atoms with van der Waals surface area (Å²) in [7, 11) is 1.92. The van der Waals surface area contributed by atoms with Gasteiger partial charge in [0.05, 0.1) is 15.9 Å². The fourth-order valence-electron chi connectivity index (χ4n) is 1.25. The fraction of sp³-hybridized carbons (Fsp3) is 0.125. The zero-order valence-electron chi connectivity index (χ0n) is 6.38. The Morgan fingerprint density at radius 2 is 2.17 bits per heavy atom. The van der Waals surface area contributed by atoms with Crippen molar-refractivity contribution in [2.45, 2.75) is 0 Å². The van der Waals surface area contributed by atoms with Gasteiger partial charge in [0.2, 0.25) is 0 Å². The van der Waals surface area contributed by atoms with E-state index in [2.05, 4.69) is 4.98 Å². The summed E-state index contributed by atoms with van der Waals surface area (Å²) in [6, 6.07) is 1.88. The number of pyridine rings is 1. The summed E-state index contributed by atoms with van der Waals surface area (Å²) in [5.74, 6) is 0. The zero-order chi connectivity index (χ0) is 8.72. The van der Waals surface area contributed by atoms with E-state index < -0.39 is 0 Å². The van der Waals surface area contributed by atoms with Gasteiger partial charge in [0.15, 0.2) is 0 Å². The Kier molecular flexibility index (Phi) is 1.74. The Morgan fingerprint density at radius 1 is 1.42 bits per heavy atom. The molecule has 4 heteroatoms. The summed E-state index contributed by atoms with van der Waals surface area (Å²) in [6.07, 6.45) is 3.49. The lowest BCUT2D eigenvalue weighted by Crippen LogP contribution is -1.83. The molecule has 0 aromatic carbocycles. The van der Waals surface area contributed by atoms with Crippen LogP contribution in [-0.4, -0.2) is 9.55 Å². The van der Waals surface area contributed by atoms with Gasteiger partial charge in [-0.1, -0.05) is 23.2 Å². The van der Waals surface area contributed by atoms with Gasteiger partial charge in [-0.2, -0.15) is 0 Å². The molecule has 0 aliphatic heterocycles. The van der Waals surface area contributed by atoms with Gasteiger partial charge in [-0.25, -0.2) is 4.98 Å². The first-order valence-electron chi connectivity index (χ1n) is 3.45. The fourth-order valence-corrected chi connectivity index (χ4v) is 1.88. The number of aryl methyl sites for hydroxylation is 1. The standard InChI is InChI=1S/C8H6Cl2N2/c1-12-4-5(9)7-6(12)2-3-11-8(7)10/h2-4H,1H3. The molecule has 0 aliphatic rings. The number of hydrogen-bond donors (Lipinski definition) is 0. The highest BCUT2D eigenvalue weighted by Gasteiger charge is 2.07. The molecule has 12 heavy (non-hydrogen) atoms. The van der Waals surface area contributed by atoms with E-state index in [-0.39, 0.29) is 0 Å². The maximum atomic E-state index is 5.94. The number of aromatic nitrogens is 2.